The Morgan fingerprint density at radius 1 is 1.37 bits per heavy atom. The molecule has 19 heavy (non-hydrogen) atoms. The van der Waals surface area contributed by atoms with Crippen LogP contribution in [0.15, 0.2) is 21.5 Å². The average molecular weight is 349 g/mol. The van der Waals surface area contributed by atoms with Crippen molar-refractivity contribution >= 4 is 31.6 Å². The molecule has 1 rings (SSSR count). The molecule has 0 aliphatic heterocycles. The average Bonchev–Trinajstić information content (AvgIpc) is 2.21. The van der Waals surface area contributed by atoms with E-state index in [9.17, 15) is 8.42 Å². The zero-order valence-electron chi connectivity index (χ0n) is 11.7. The van der Waals surface area contributed by atoms with E-state index in [1.165, 1.54) is 6.07 Å². The number of nitrogen functional groups attached to an aromatic ring is 1. The molecular formula is C13H21BrN2O2S. The monoisotopic (exact) mass is 348 g/mol. The highest BCUT2D eigenvalue weighted by molar-refractivity contribution is 9.10. The van der Waals surface area contributed by atoms with Gasteiger partial charge in [0.25, 0.3) is 0 Å². The van der Waals surface area contributed by atoms with E-state index in [2.05, 4.69) is 20.7 Å². The number of benzene rings is 1. The molecule has 0 spiro atoms. The standard InChI is InChI=1S/C13H21BrN2O2S/c1-5-6-13(3,4)16-19(17,18)12-8-11(15)10(14)7-9(12)2/h7-8,16H,5-6,15H2,1-4H3. The van der Waals surface area contributed by atoms with Gasteiger partial charge in [-0.2, -0.15) is 0 Å². The van der Waals surface area contributed by atoms with Crippen LogP contribution in [0.5, 0.6) is 0 Å². The first kappa shape index (κ1) is 16.5. The summed E-state index contributed by atoms with van der Waals surface area (Å²) in [6, 6.07) is 3.21. The molecule has 0 saturated heterocycles. The van der Waals surface area contributed by atoms with Gasteiger partial charge in [0.2, 0.25) is 10.0 Å². The molecule has 108 valence electrons. The van der Waals surface area contributed by atoms with Gasteiger partial charge >= 0.3 is 0 Å². The van der Waals surface area contributed by atoms with E-state index in [4.69, 9.17) is 5.73 Å². The third-order valence-corrected chi connectivity index (χ3v) is 5.40. The molecule has 1 aromatic carbocycles. The Bertz CT molecular complexity index is 568. The molecule has 0 saturated carbocycles. The van der Waals surface area contributed by atoms with Crippen molar-refractivity contribution in [1.29, 1.82) is 0 Å². The number of nitrogens with two attached hydrogens (primary N) is 1. The normalized spacial score (nSPS) is 12.7. The molecule has 0 aliphatic rings. The Hall–Kier alpha value is -0.590. The van der Waals surface area contributed by atoms with Crippen LogP contribution in [0.4, 0.5) is 5.69 Å². The second-order valence-corrected chi connectivity index (χ2v) is 7.88. The summed E-state index contributed by atoms with van der Waals surface area (Å²) in [5.41, 5.74) is 6.38. The highest BCUT2D eigenvalue weighted by atomic mass is 79.9. The lowest BCUT2D eigenvalue weighted by Gasteiger charge is -2.26. The van der Waals surface area contributed by atoms with Crippen molar-refractivity contribution in [1.82, 2.24) is 4.72 Å². The lowest BCUT2D eigenvalue weighted by Crippen LogP contribution is -2.43. The molecule has 0 radical (unpaired) electrons. The number of anilines is 1. The van der Waals surface area contributed by atoms with Crippen LogP contribution in [0.3, 0.4) is 0 Å². The highest BCUT2D eigenvalue weighted by Gasteiger charge is 2.27. The van der Waals surface area contributed by atoms with Gasteiger partial charge < -0.3 is 5.73 Å². The zero-order chi connectivity index (χ0) is 14.8. The molecule has 6 heteroatoms. The van der Waals surface area contributed by atoms with Crippen molar-refractivity contribution in [3.8, 4) is 0 Å². The number of rotatable bonds is 5. The molecule has 0 bridgehead atoms. The summed E-state index contributed by atoms with van der Waals surface area (Å²) in [7, 11) is -3.56. The van der Waals surface area contributed by atoms with Crippen molar-refractivity contribution < 1.29 is 8.42 Å². The lowest BCUT2D eigenvalue weighted by molar-refractivity contribution is 0.417. The minimum absolute atomic E-state index is 0.234. The van der Waals surface area contributed by atoms with Gasteiger partial charge in [-0.05, 0) is 60.8 Å². The molecule has 0 aromatic heterocycles. The van der Waals surface area contributed by atoms with Gasteiger partial charge in [-0.1, -0.05) is 13.3 Å². The Kier molecular flexibility index (Phi) is 5.03. The van der Waals surface area contributed by atoms with E-state index < -0.39 is 15.6 Å². The van der Waals surface area contributed by atoms with Crippen LogP contribution in [-0.4, -0.2) is 14.0 Å². The fourth-order valence-corrected chi connectivity index (χ4v) is 4.22. The summed E-state index contributed by atoms with van der Waals surface area (Å²) < 4.78 is 28.3. The van der Waals surface area contributed by atoms with Crippen molar-refractivity contribution in [3.63, 3.8) is 0 Å². The van der Waals surface area contributed by atoms with E-state index in [1.54, 1.807) is 13.0 Å². The fourth-order valence-electron chi connectivity index (χ4n) is 2.05. The Labute approximate surface area is 124 Å². The van der Waals surface area contributed by atoms with Crippen LogP contribution in [-0.2, 0) is 10.0 Å². The molecule has 0 fully saturated rings. The summed E-state index contributed by atoms with van der Waals surface area (Å²) >= 11 is 3.29. The van der Waals surface area contributed by atoms with E-state index in [0.29, 0.717) is 15.7 Å². The fraction of sp³-hybridized carbons (Fsp3) is 0.538. The smallest absolute Gasteiger partial charge is 0.241 e. The van der Waals surface area contributed by atoms with Gasteiger partial charge in [0.05, 0.1) is 4.90 Å². The largest absolute Gasteiger partial charge is 0.398 e. The van der Waals surface area contributed by atoms with Crippen molar-refractivity contribution in [2.75, 3.05) is 5.73 Å². The molecule has 0 amide bonds. The van der Waals surface area contributed by atoms with Crippen molar-refractivity contribution in [3.05, 3.63) is 22.2 Å². The van der Waals surface area contributed by atoms with Gasteiger partial charge in [-0.25, -0.2) is 13.1 Å². The van der Waals surface area contributed by atoms with Gasteiger partial charge in [-0.15, -0.1) is 0 Å². The van der Waals surface area contributed by atoms with Crippen LogP contribution >= 0.6 is 15.9 Å². The van der Waals surface area contributed by atoms with Gasteiger partial charge in [0, 0.05) is 15.7 Å². The maximum atomic E-state index is 12.4. The second-order valence-electron chi connectivity index (χ2n) is 5.38. The first-order chi connectivity index (χ1) is 8.59. The van der Waals surface area contributed by atoms with E-state index in [0.717, 1.165) is 12.8 Å². The number of aryl methyl sites for hydroxylation is 1. The molecule has 0 aliphatic carbocycles. The van der Waals surface area contributed by atoms with E-state index in [1.807, 2.05) is 20.8 Å². The van der Waals surface area contributed by atoms with Crippen molar-refractivity contribution in [2.45, 2.75) is 51.0 Å². The number of sulfonamides is 1. The molecule has 0 heterocycles. The third kappa shape index (κ3) is 4.19. The topological polar surface area (TPSA) is 72.2 Å². The molecule has 0 atom stereocenters. The SMILES string of the molecule is CCCC(C)(C)NS(=O)(=O)c1cc(N)c(Br)cc1C. The summed E-state index contributed by atoms with van der Waals surface area (Å²) in [4.78, 5) is 0.234. The summed E-state index contributed by atoms with van der Waals surface area (Å²) in [6.45, 7) is 7.54. The number of hydrogen-bond donors (Lipinski definition) is 2. The number of nitrogens with one attached hydrogen (secondary N) is 1. The lowest BCUT2D eigenvalue weighted by atomic mass is 10.0. The minimum atomic E-state index is -3.56. The molecule has 1 aromatic rings. The molecule has 3 N–H and O–H groups in total. The zero-order valence-corrected chi connectivity index (χ0v) is 14.2. The molecular weight excluding hydrogens is 328 g/mol. The molecule has 0 unspecified atom stereocenters. The number of halogens is 1. The van der Waals surface area contributed by atoms with Crippen molar-refractivity contribution in [2.24, 2.45) is 0 Å². The van der Waals surface area contributed by atoms with E-state index >= 15 is 0 Å². The summed E-state index contributed by atoms with van der Waals surface area (Å²) in [5, 5.41) is 0. The van der Waals surface area contributed by atoms with E-state index in [-0.39, 0.29) is 4.90 Å². The summed E-state index contributed by atoms with van der Waals surface area (Å²) in [6.07, 6.45) is 1.69. The summed E-state index contributed by atoms with van der Waals surface area (Å²) in [5.74, 6) is 0. The predicted octanol–water partition coefficient (Wildman–Crippen LogP) is 3.20. The predicted molar refractivity (Wildman–Crippen MR) is 82.6 cm³/mol. The third-order valence-electron chi connectivity index (χ3n) is 2.87. The first-order valence-corrected chi connectivity index (χ1v) is 8.46. The maximum absolute atomic E-state index is 12.4. The van der Waals surface area contributed by atoms with Gasteiger partial charge in [-0.3, -0.25) is 0 Å². The Morgan fingerprint density at radius 3 is 2.47 bits per heavy atom. The second kappa shape index (κ2) is 5.81. The van der Waals surface area contributed by atoms with Crippen LogP contribution in [0, 0.1) is 6.92 Å². The van der Waals surface area contributed by atoms with Gasteiger partial charge in [0.15, 0.2) is 0 Å². The Morgan fingerprint density at radius 2 is 1.95 bits per heavy atom. The van der Waals surface area contributed by atoms with Gasteiger partial charge in [0.1, 0.15) is 0 Å². The van der Waals surface area contributed by atoms with Crippen LogP contribution in [0.25, 0.3) is 0 Å². The number of hydrogen-bond acceptors (Lipinski definition) is 3. The first-order valence-electron chi connectivity index (χ1n) is 6.18. The van der Waals surface area contributed by atoms with Crippen LogP contribution in [0.1, 0.15) is 39.2 Å². The highest BCUT2D eigenvalue weighted by Crippen LogP contribution is 2.27. The quantitative estimate of drug-likeness (QED) is 0.802. The Balaban J connectivity index is 3.18. The van der Waals surface area contributed by atoms with Crippen LogP contribution in [0.2, 0.25) is 0 Å². The van der Waals surface area contributed by atoms with Crippen LogP contribution < -0.4 is 10.5 Å². The molecule has 4 nitrogen and oxygen atoms in total. The maximum Gasteiger partial charge on any atom is 0.241 e. The minimum Gasteiger partial charge on any atom is -0.398 e.